The second kappa shape index (κ2) is 9.94. The Labute approximate surface area is 187 Å². The molecule has 3 atom stereocenters. The van der Waals surface area contributed by atoms with Gasteiger partial charge in [0.15, 0.2) is 0 Å². The molecule has 2 aliphatic carbocycles. The number of nitrogens with one attached hydrogen (secondary N) is 2. The van der Waals surface area contributed by atoms with Crippen LogP contribution in [0.1, 0.15) is 65.9 Å². The molecule has 2 fully saturated rings. The Kier molecular flexibility index (Phi) is 6.83. The van der Waals surface area contributed by atoms with E-state index in [1.807, 2.05) is 30.3 Å². The van der Waals surface area contributed by atoms with Crippen LogP contribution in [0.2, 0.25) is 0 Å². The van der Waals surface area contributed by atoms with Crippen molar-refractivity contribution >= 4 is 17.8 Å². The maximum Gasteiger partial charge on any atom is 0.326 e. The number of pyridine rings is 1. The van der Waals surface area contributed by atoms with Crippen molar-refractivity contribution in [1.29, 1.82) is 0 Å². The van der Waals surface area contributed by atoms with Crippen LogP contribution in [-0.4, -0.2) is 33.9 Å². The van der Waals surface area contributed by atoms with Gasteiger partial charge < -0.3 is 15.7 Å². The van der Waals surface area contributed by atoms with E-state index < -0.39 is 12.0 Å². The summed E-state index contributed by atoms with van der Waals surface area (Å²) in [7, 11) is 0. The minimum atomic E-state index is -0.957. The van der Waals surface area contributed by atoms with Crippen molar-refractivity contribution in [1.82, 2.24) is 15.6 Å². The van der Waals surface area contributed by atoms with Gasteiger partial charge in [0, 0.05) is 24.9 Å². The van der Waals surface area contributed by atoms with E-state index in [-0.39, 0.29) is 29.6 Å². The smallest absolute Gasteiger partial charge is 0.326 e. The summed E-state index contributed by atoms with van der Waals surface area (Å²) >= 11 is 0. The molecule has 0 saturated heterocycles. The van der Waals surface area contributed by atoms with Crippen LogP contribution in [0.5, 0.6) is 0 Å². The van der Waals surface area contributed by atoms with Gasteiger partial charge in [0.05, 0.1) is 5.56 Å². The molecule has 3 N–H and O–H groups in total. The number of carboxylic acid groups (broad SMARTS) is 1. The number of carbonyl (C=O) groups is 3. The lowest BCUT2D eigenvalue weighted by Gasteiger charge is -2.28. The third-order valence-corrected chi connectivity index (χ3v) is 6.56. The molecule has 1 heterocycles. The summed E-state index contributed by atoms with van der Waals surface area (Å²) in [6.07, 6.45) is 8.68. The predicted molar refractivity (Wildman–Crippen MR) is 119 cm³/mol. The van der Waals surface area contributed by atoms with Crippen LogP contribution in [-0.2, 0) is 16.1 Å². The molecule has 0 radical (unpaired) electrons. The summed E-state index contributed by atoms with van der Waals surface area (Å²) < 4.78 is 0. The maximum absolute atomic E-state index is 12.8. The van der Waals surface area contributed by atoms with Crippen LogP contribution in [0.3, 0.4) is 0 Å². The largest absolute Gasteiger partial charge is 0.480 e. The quantitative estimate of drug-likeness (QED) is 0.590. The van der Waals surface area contributed by atoms with Gasteiger partial charge in [-0.15, -0.1) is 0 Å². The molecule has 0 spiro atoms. The van der Waals surface area contributed by atoms with Gasteiger partial charge in [0.2, 0.25) is 5.91 Å². The minimum Gasteiger partial charge on any atom is -0.480 e. The molecule has 4 rings (SSSR count). The van der Waals surface area contributed by atoms with Gasteiger partial charge in [0.25, 0.3) is 5.91 Å². The number of amides is 2. The van der Waals surface area contributed by atoms with Crippen LogP contribution < -0.4 is 10.6 Å². The normalized spacial score (nSPS) is 21.4. The number of hydrogen-bond donors (Lipinski definition) is 3. The van der Waals surface area contributed by atoms with E-state index in [9.17, 15) is 19.5 Å². The Morgan fingerprint density at radius 3 is 2.53 bits per heavy atom. The van der Waals surface area contributed by atoms with E-state index in [1.54, 1.807) is 12.3 Å². The van der Waals surface area contributed by atoms with Crippen molar-refractivity contribution in [3.8, 4) is 0 Å². The van der Waals surface area contributed by atoms with Gasteiger partial charge in [-0.25, -0.2) is 4.79 Å². The van der Waals surface area contributed by atoms with Gasteiger partial charge in [0.1, 0.15) is 6.04 Å². The first-order chi connectivity index (χ1) is 15.5. The molecule has 2 saturated carbocycles. The zero-order valence-corrected chi connectivity index (χ0v) is 18.0. The van der Waals surface area contributed by atoms with E-state index in [2.05, 4.69) is 15.6 Å². The summed E-state index contributed by atoms with van der Waals surface area (Å²) in [5, 5.41) is 15.3. The van der Waals surface area contributed by atoms with Gasteiger partial charge in [-0.1, -0.05) is 49.6 Å². The molecular weight excluding hydrogens is 406 g/mol. The van der Waals surface area contributed by atoms with E-state index in [0.29, 0.717) is 18.5 Å². The summed E-state index contributed by atoms with van der Waals surface area (Å²) in [4.78, 5) is 41.2. The third-order valence-electron chi connectivity index (χ3n) is 6.56. The van der Waals surface area contributed by atoms with E-state index in [1.165, 1.54) is 6.20 Å². The highest BCUT2D eigenvalue weighted by molar-refractivity contribution is 5.94. The fraction of sp³-hybridized carbons (Fsp3) is 0.440. The molecule has 1 aromatic heterocycles. The Bertz CT molecular complexity index is 972. The molecular formula is C25H29N3O4. The maximum atomic E-state index is 12.8. The standard InChI is InChI=1S/C25H29N3O4/c29-23(27-13-16-7-3-1-4-8-16)19-11-18(14-26-15-19)20-12-21(20)24(30)28-22(25(31)32)17-9-5-2-6-10-17/h1,3-4,7-8,11,14-15,17,20-22H,2,5-6,9-10,12-13H2,(H,27,29)(H,28,30)(H,31,32)/t20-,21?,22-/m0/s1. The Morgan fingerprint density at radius 1 is 1.06 bits per heavy atom. The highest BCUT2D eigenvalue weighted by Gasteiger charge is 2.46. The number of hydrogen-bond acceptors (Lipinski definition) is 4. The Balaban J connectivity index is 1.34. The van der Waals surface area contributed by atoms with Crippen molar-refractivity contribution in [3.05, 3.63) is 65.5 Å². The second-order valence-corrected chi connectivity index (χ2v) is 8.85. The van der Waals surface area contributed by atoms with Crippen molar-refractivity contribution in [3.63, 3.8) is 0 Å². The van der Waals surface area contributed by atoms with E-state index >= 15 is 0 Å². The fourth-order valence-electron chi connectivity index (χ4n) is 4.63. The van der Waals surface area contributed by atoms with E-state index in [4.69, 9.17) is 0 Å². The molecule has 32 heavy (non-hydrogen) atoms. The number of benzene rings is 1. The van der Waals surface area contributed by atoms with Gasteiger partial charge in [-0.05, 0) is 48.3 Å². The van der Waals surface area contributed by atoms with Crippen molar-refractivity contribution in [2.24, 2.45) is 11.8 Å². The molecule has 1 unspecified atom stereocenters. The highest BCUT2D eigenvalue weighted by atomic mass is 16.4. The van der Waals surface area contributed by atoms with Gasteiger partial charge in [-0.2, -0.15) is 0 Å². The number of carbonyl (C=O) groups excluding carboxylic acids is 2. The summed E-state index contributed by atoms with van der Waals surface area (Å²) in [5.74, 6) is -1.70. The summed E-state index contributed by atoms with van der Waals surface area (Å²) in [5.41, 5.74) is 2.30. The van der Waals surface area contributed by atoms with Gasteiger partial charge in [-0.3, -0.25) is 14.6 Å². The van der Waals surface area contributed by atoms with Crippen molar-refractivity contribution < 1.29 is 19.5 Å². The molecule has 2 amide bonds. The molecule has 0 bridgehead atoms. The fourth-order valence-corrected chi connectivity index (χ4v) is 4.63. The SMILES string of the molecule is O=C(NCc1ccccc1)c1cncc([C@@H]2CC2C(=O)N[C@H](C(=O)O)C2CCCCC2)c1. The number of rotatable bonds is 8. The molecule has 2 aromatic rings. The van der Waals surface area contributed by atoms with Crippen molar-refractivity contribution in [2.75, 3.05) is 0 Å². The Morgan fingerprint density at radius 2 is 1.81 bits per heavy atom. The second-order valence-electron chi connectivity index (χ2n) is 8.85. The van der Waals surface area contributed by atoms with Crippen LogP contribution in [0.25, 0.3) is 0 Å². The first-order valence-electron chi connectivity index (χ1n) is 11.3. The average Bonchev–Trinajstić information content (AvgIpc) is 3.63. The molecule has 7 nitrogen and oxygen atoms in total. The number of aliphatic carboxylic acids is 1. The van der Waals surface area contributed by atoms with Gasteiger partial charge >= 0.3 is 5.97 Å². The van der Waals surface area contributed by atoms with E-state index in [0.717, 1.165) is 43.2 Å². The zero-order chi connectivity index (χ0) is 22.5. The minimum absolute atomic E-state index is 0.000653. The Hall–Kier alpha value is -3.22. The molecule has 168 valence electrons. The van der Waals surface area contributed by atoms with Crippen LogP contribution in [0, 0.1) is 11.8 Å². The van der Waals surface area contributed by atoms with Crippen LogP contribution >= 0.6 is 0 Å². The van der Waals surface area contributed by atoms with Crippen LogP contribution in [0.4, 0.5) is 0 Å². The topological polar surface area (TPSA) is 108 Å². The number of aromatic nitrogens is 1. The summed E-state index contributed by atoms with van der Waals surface area (Å²) in [6, 6.07) is 10.6. The summed E-state index contributed by atoms with van der Waals surface area (Å²) in [6.45, 7) is 0.427. The first-order valence-corrected chi connectivity index (χ1v) is 11.3. The third kappa shape index (κ3) is 5.33. The molecule has 2 aliphatic rings. The number of nitrogens with zero attached hydrogens (tertiary/aromatic N) is 1. The van der Waals surface area contributed by atoms with Crippen LogP contribution in [0.15, 0.2) is 48.8 Å². The lowest BCUT2D eigenvalue weighted by atomic mass is 9.84. The monoisotopic (exact) mass is 435 g/mol. The highest BCUT2D eigenvalue weighted by Crippen LogP contribution is 2.47. The lowest BCUT2D eigenvalue weighted by Crippen LogP contribution is -2.47. The molecule has 7 heteroatoms. The predicted octanol–water partition coefficient (Wildman–Crippen LogP) is 3.26. The number of carboxylic acids is 1. The molecule has 0 aliphatic heterocycles. The van der Waals surface area contributed by atoms with Crippen molar-refractivity contribution in [2.45, 2.75) is 57.0 Å². The first kappa shape index (κ1) is 22.0. The zero-order valence-electron chi connectivity index (χ0n) is 18.0. The molecule has 1 aromatic carbocycles. The average molecular weight is 436 g/mol. The lowest BCUT2D eigenvalue weighted by molar-refractivity contribution is -0.144.